The average molecular weight is 365 g/mol. The molecule has 0 aliphatic carbocycles. The molecule has 1 fully saturated rings. The molecule has 7 heteroatoms. The number of carbonyl (C=O) groups excluding carboxylic acids is 2. The Morgan fingerprint density at radius 3 is 2.80 bits per heavy atom. The molecule has 1 aromatic carbocycles. The van der Waals surface area contributed by atoms with E-state index in [2.05, 4.69) is 15.5 Å². The lowest BCUT2D eigenvalue weighted by atomic mass is 10.2. The summed E-state index contributed by atoms with van der Waals surface area (Å²) in [6, 6.07) is 7.59. The van der Waals surface area contributed by atoms with Crippen LogP contribution >= 0.6 is 11.8 Å². The monoisotopic (exact) mass is 365 g/mol. The highest BCUT2D eigenvalue weighted by molar-refractivity contribution is 7.99. The van der Waals surface area contributed by atoms with Gasteiger partial charge in [0.1, 0.15) is 0 Å². The fourth-order valence-electron chi connectivity index (χ4n) is 2.51. The lowest BCUT2D eigenvalue weighted by Gasteiger charge is -2.26. The average Bonchev–Trinajstić information content (AvgIpc) is 2.65. The van der Waals surface area contributed by atoms with Crippen molar-refractivity contribution in [3.63, 3.8) is 0 Å². The number of carbonyl (C=O) groups is 2. The topological polar surface area (TPSA) is 70.7 Å². The van der Waals surface area contributed by atoms with Crippen LogP contribution in [0, 0.1) is 0 Å². The van der Waals surface area contributed by atoms with Crippen molar-refractivity contribution >= 4 is 29.3 Å². The maximum atomic E-state index is 12.1. The number of rotatable bonds is 8. The summed E-state index contributed by atoms with van der Waals surface area (Å²) in [4.78, 5) is 26.2. The van der Waals surface area contributed by atoms with Crippen molar-refractivity contribution in [3.8, 4) is 0 Å². The molecular formula is C18H27N3O3S. The Labute approximate surface area is 153 Å². The summed E-state index contributed by atoms with van der Waals surface area (Å²) in [5, 5.41) is 5.77. The van der Waals surface area contributed by atoms with E-state index < -0.39 is 0 Å². The maximum absolute atomic E-state index is 12.1. The summed E-state index contributed by atoms with van der Waals surface area (Å²) in [6.07, 6.45) is 2.38. The van der Waals surface area contributed by atoms with Crippen LogP contribution in [0.3, 0.4) is 0 Å². The van der Waals surface area contributed by atoms with E-state index >= 15 is 0 Å². The molecule has 2 amide bonds. The zero-order chi connectivity index (χ0) is 18.1. The predicted octanol–water partition coefficient (Wildman–Crippen LogP) is 1.72. The number of nitrogens with one attached hydrogen (secondary N) is 2. The molecule has 1 aliphatic heterocycles. The van der Waals surface area contributed by atoms with Crippen LogP contribution in [0.5, 0.6) is 0 Å². The smallest absolute Gasteiger partial charge is 0.233 e. The molecular weight excluding hydrogens is 338 g/mol. The highest BCUT2D eigenvalue weighted by Gasteiger charge is 2.13. The van der Waals surface area contributed by atoms with Gasteiger partial charge in [-0.1, -0.05) is 12.1 Å². The van der Waals surface area contributed by atoms with Gasteiger partial charge >= 0.3 is 0 Å². The molecule has 0 aromatic heterocycles. The number of anilines is 1. The lowest BCUT2D eigenvalue weighted by Crippen LogP contribution is -2.38. The van der Waals surface area contributed by atoms with Crippen LogP contribution in [-0.2, 0) is 20.9 Å². The van der Waals surface area contributed by atoms with Gasteiger partial charge in [-0.15, -0.1) is 0 Å². The van der Waals surface area contributed by atoms with Crippen molar-refractivity contribution in [2.45, 2.75) is 25.1 Å². The zero-order valence-corrected chi connectivity index (χ0v) is 15.7. The van der Waals surface area contributed by atoms with E-state index in [9.17, 15) is 9.59 Å². The number of nitrogens with zero attached hydrogens (tertiary/aromatic N) is 1. The molecule has 1 atom stereocenters. The van der Waals surface area contributed by atoms with Gasteiger partial charge in [0.2, 0.25) is 11.8 Å². The molecule has 6 nitrogen and oxygen atoms in total. The van der Waals surface area contributed by atoms with Crippen LogP contribution in [0.2, 0.25) is 0 Å². The number of amides is 2. The first-order valence-electron chi connectivity index (χ1n) is 8.58. The van der Waals surface area contributed by atoms with Crippen LogP contribution < -0.4 is 10.6 Å². The number of benzene rings is 1. The minimum Gasteiger partial charge on any atom is -0.379 e. The first-order chi connectivity index (χ1) is 12.1. The van der Waals surface area contributed by atoms with Gasteiger partial charge < -0.3 is 15.4 Å². The summed E-state index contributed by atoms with van der Waals surface area (Å²) in [5.41, 5.74) is 1.73. The van der Waals surface area contributed by atoms with Crippen LogP contribution in [0.1, 0.15) is 18.9 Å². The van der Waals surface area contributed by atoms with E-state index in [1.54, 1.807) is 0 Å². The standard InChI is InChI=1S/C18H27N3O3S/c1-14(25-2)18(23)19-13-15-4-3-5-16(12-15)20-17(22)6-7-21-8-10-24-11-9-21/h3-5,12,14H,6-11,13H2,1-2H3,(H,19,23)(H,20,22). The third-order valence-electron chi connectivity index (χ3n) is 4.16. The summed E-state index contributed by atoms with van der Waals surface area (Å²) in [5.74, 6) is 0.0242. The van der Waals surface area contributed by atoms with Crippen molar-refractivity contribution in [3.05, 3.63) is 29.8 Å². The Hall–Kier alpha value is -1.57. The molecule has 1 aromatic rings. The van der Waals surface area contributed by atoms with Crippen molar-refractivity contribution in [2.75, 3.05) is 44.4 Å². The predicted molar refractivity (Wildman–Crippen MR) is 102 cm³/mol. The van der Waals surface area contributed by atoms with E-state index in [4.69, 9.17) is 4.74 Å². The number of hydrogen-bond donors (Lipinski definition) is 2. The third kappa shape index (κ3) is 7.05. The van der Waals surface area contributed by atoms with E-state index in [1.807, 2.05) is 37.4 Å². The van der Waals surface area contributed by atoms with Gasteiger partial charge in [0, 0.05) is 38.3 Å². The quantitative estimate of drug-likeness (QED) is 0.734. The number of hydrogen-bond acceptors (Lipinski definition) is 5. The van der Waals surface area contributed by atoms with Gasteiger partial charge in [-0.2, -0.15) is 11.8 Å². The fourth-order valence-corrected chi connectivity index (χ4v) is 2.80. The normalized spacial score (nSPS) is 16.2. The fraction of sp³-hybridized carbons (Fsp3) is 0.556. The van der Waals surface area contributed by atoms with Crippen LogP contribution in [0.25, 0.3) is 0 Å². The first-order valence-corrected chi connectivity index (χ1v) is 9.86. The largest absolute Gasteiger partial charge is 0.379 e. The second-order valence-electron chi connectivity index (χ2n) is 6.05. The molecule has 1 saturated heterocycles. The van der Waals surface area contributed by atoms with Gasteiger partial charge in [0.25, 0.3) is 0 Å². The highest BCUT2D eigenvalue weighted by Crippen LogP contribution is 2.12. The van der Waals surface area contributed by atoms with Gasteiger partial charge in [-0.05, 0) is 30.9 Å². The minimum atomic E-state index is -0.0666. The van der Waals surface area contributed by atoms with E-state index in [0.29, 0.717) is 13.0 Å². The summed E-state index contributed by atoms with van der Waals surface area (Å²) in [6.45, 7) is 6.34. The van der Waals surface area contributed by atoms with Gasteiger partial charge in [0.05, 0.1) is 18.5 Å². The number of morpholine rings is 1. The van der Waals surface area contributed by atoms with Crippen molar-refractivity contribution < 1.29 is 14.3 Å². The van der Waals surface area contributed by atoms with Crippen LogP contribution in [0.15, 0.2) is 24.3 Å². The second kappa shape index (κ2) is 10.4. The van der Waals surface area contributed by atoms with Crippen molar-refractivity contribution in [1.82, 2.24) is 10.2 Å². The van der Waals surface area contributed by atoms with Gasteiger partial charge in [-0.3, -0.25) is 14.5 Å². The molecule has 0 saturated carbocycles. The van der Waals surface area contributed by atoms with Crippen molar-refractivity contribution in [2.24, 2.45) is 0 Å². The molecule has 138 valence electrons. The SMILES string of the molecule is CSC(C)C(=O)NCc1cccc(NC(=O)CCN2CCOCC2)c1. The zero-order valence-electron chi connectivity index (χ0n) is 14.9. The molecule has 0 spiro atoms. The van der Waals surface area contributed by atoms with Gasteiger partial charge in [0.15, 0.2) is 0 Å². The van der Waals surface area contributed by atoms with E-state index in [-0.39, 0.29) is 17.1 Å². The first kappa shape index (κ1) is 19.8. The second-order valence-corrected chi connectivity index (χ2v) is 7.23. The van der Waals surface area contributed by atoms with E-state index in [0.717, 1.165) is 44.1 Å². The summed E-state index contributed by atoms with van der Waals surface area (Å²) < 4.78 is 5.30. The van der Waals surface area contributed by atoms with Crippen molar-refractivity contribution in [1.29, 1.82) is 0 Å². The minimum absolute atomic E-state index is 0.00341. The molecule has 1 heterocycles. The lowest BCUT2D eigenvalue weighted by molar-refractivity contribution is -0.120. The van der Waals surface area contributed by atoms with Crippen LogP contribution in [0.4, 0.5) is 5.69 Å². The molecule has 2 rings (SSSR count). The molecule has 1 unspecified atom stereocenters. The molecule has 25 heavy (non-hydrogen) atoms. The van der Waals surface area contributed by atoms with Crippen LogP contribution in [-0.4, -0.2) is 61.1 Å². The van der Waals surface area contributed by atoms with Gasteiger partial charge in [-0.25, -0.2) is 0 Å². The maximum Gasteiger partial charge on any atom is 0.233 e. The highest BCUT2D eigenvalue weighted by atomic mass is 32.2. The molecule has 1 aliphatic rings. The Kier molecular flexibility index (Phi) is 8.24. The third-order valence-corrected chi connectivity index (χ3v) is 5.08. The number of ether oxygens (including phenoxy) is 1. The molecule has 2 N–H and O–H groups in total. The Morgan fingerprint density at radius 2 is 2.08 bits per heavy atom. The Morgan fingerprint density at radius 1 is 1.32 bits per heavy atom. The molecule has 0 radical (unpaired) electrons. The molecule has 0 bridgehead atoms. The number of thioether (sulfide) groups is 1. The Balaban J connectivity index is 1.77. The summed E-state index contributed by atoms with van der Waals surface area (Å²) >= 11 is 1.52. The summed E-state index contributed by atoms with van der Waals surface area (Å²) in [7, 11) is 0. The Bertz CT molecular complexity index is 576. The van der Waals surface area contributed by atoms with E-state index in [1.165, 1.54) is 11.8 Å².